The maximum atomic E-state index is 13.4. The fraction of sp³-hybridized carbons (Fsp3) is 0.732. The van der Waals surface area contributed by atoms with Crippen molar-refractivity contribution in [3.05, 3.63) is 65.2 Å². The molecule has 2 aromatic carbocycles. The van der Waals surface area contributed by atoms with E-state index in [1.54, 1.807) is 4.90 Å². The molecular formula is C71H116N3O15P. The summed E-state index contributed by atoms with van der Waals surface area (Å²) in [6.07, 6.45) is 36.0. The molecular weight excluding hydrogens is 1170 g/mol. The molecule has 3 rings (SSSR count). The third kappa shape index (κ3) is 43.2. The fourth-order valence-corrected chi connectivity index (χ4v) is 11.1. The van der Waals surface area contributed by atoms with Crippen molar-refractivity contribution in [3.8, 4) is 11.8 Å². The van der Waals surface area contributed by atoms with Gasteiger partial charge < -0.3 is 48.8 Å². The lowest BCUT2D eigenvalue weighted by Crippen LogP contribution is -2.35. The van der Waals surface area contributed by atoms with Crippen LogP contribution in [0, 0.1) is 11.8 Å². The van der Waals surface area contributed by atoms with Crippen LogP contribution >= 0.6 is 7.82 Å². The van der Waals surface area contributed by atoms with E-state index < -0.39 is 32.5 Å². The summed E-state index contributed by atoms with van der Waals surface area (Å²) in [4.78, 5) is 76.0. The Bertz CT molecular complexity index is 2310. The van der Waals surface area contributed by atoms with Gasteiger partial charge in [-0.1, -0.05) is 236 Å². The number of hydrogen-bond acceptors (Lipinski definition) is 14. The Kier molecular flexibility index (Phi) is 48.4. The first-order valence-corrected chi connectivity index (χ1v) is 36.3. The number of benzene rings is 2. The number of amides is 3. The minimum atomic E-state index is -4.64. The van der Waals surface area contributed by atoms with Gasteiger partial charge in [0.15, 0.2) is 6.10 Å². The largest absolute Gasteiger partial charge is 0.472 e. The average molecular weight is 1280 g/mol. The number of hydrogen-bond donors (Lipinski definition) is 3. The highest BCUT2D eigenvalue weighted by atomic mass is 31.2. The van der Waals surface area contributed by atoms with E-state index in [4.69, 9.17) is 37.5 Å². The van der Waals surface area contributed by atoms with E-state index in [0.29, 0.717) is 45.8 Å². The fourth-order valence-electron chi connectivity index (χ4n) is 10.4. The molecule has 1 aliphatic heterocycles. The standard InChI is InChI=1S/C71H116N3O15P/c1-3-5-7-9-11-13-15-17-19-21-23-25-27-29-31-41-70(78)86-60-65(89-71(79)42-32-30-28-26-24-22-20-18-16-14-12-10-8-6-4-2)61-88-90(80,81)87-52-49-73-68(76)47-51-83-54-56-85-58-57-84-55-53-82-50-46-67(75)72-48-45-69(77)74-59-64-39-34-33-37-62(64)43-44-63-38-35-36-40-66(63)74/h33-40,65H,3-32,41-42,45-61H2,1-2H3,(H,72,75)(H,73,76)(H,80,81)/t65-/m0/s1. The van der Waals surface area contributed by atoms with Gasteiger partial charge in [0.2, 0.25) is 17.7 Å². The summed E-state index contributed by atoms with van der Waals surface area (Å²) in [5.74, 6) is 4.82. The third-order valence-electron chi connectivity index (χ3n) is 15.7. The molecule has 0 radical (unpaired) electrons. The predicted molar refractivity (Wildman–Crippen MR) is 355 cm³/mol. The van der Waals surface area contributed by atoms with Crippen molar-refractivity contribution in [1.82, 2.24) is 10.6 Å². The second-order valence-electron chi connectivity index (χ2n) is 23.6. The summed E-state index contributed by atoms with van der Waals surface area (Å²) in [5.41, 5.74) is 3.38. The first-order chi connectivity index (χ1) is 44.0. The number of fused-ring (bicyclic) bond motifs is 2. The Morgan fingerprint density at radius 2 is 0.878 bits per heavy atom. The van der Waals surface area contributed by atoms with Crippen molar-refractivity contribution in [3.63, 3.8) is 0 Å². The summed E-state index contributed by atoms with van der Waals surface area (Å²) >= 11 is 0. The summed E-state index contributed by atoms with van der Waals surface area (Å²) in [6, 6.07) is 15.4. The Morgan fingerprint density at radius 3 is 1.38 bits per heavy atom. The van der Waals surface area contributed by atoms with Crippen molar-refractivity contribution in [1.29, 1.82) is 0 Å². The first-order valence-electron chi connectivity index (χ1n) is 34.8. The Morgan fingerprint density at radius 1 is 0.467 bits per heavy atom. The molecule has 2 atom stereocenters. The number of nitrogens with zero attached hydrogens (tertiary/aromatic N) is 1. The van der Waals surface area contributed by atoms with Crippen LogP contribution in [0.5, 0.6) is 0 Å². The van der Waals surface area contributed by atoms with E-state index >= 15 is 0 Å². The lowest BCUT2D eigenvalue weighted by Gasteiger charge is -2.26. The van der Waals surface area contributed by atoms with E-state index in [2.05, 4.69) is 36.3 Å². The Balaban J connectivity index is 1.19. The second-order valence-corrected chi connectivity index (χ2v) is 25.0. The monoisotopic (exact) mass is 1280 g/mol. The van der Waals surface area contributed by atoms with Crippen LogP contribution in [-0.4, -0.2) is 126 Å². The van der Waals surface area contributed by atoms with E-state index in [-0.39, 0.29) is 103 Å². The molecule has 0 aromatic heterocycles. The van der Waals surface area contributed by atoms with Gasteiger partial charge in [-0.05, 0) is 36.6 Å². The molecule has 2 aromatic rings. The molecule has 19 heteroatoms. The number of ether oxygens (including phenoxy) is 6. The van der Waals surface area contributed by atoms with E-state index in [1.165, 1.54) is 141 Å². The zero-order valence-electron chi connectivity index (χ0n) is 55.4. The molecule has 3 N–H and O–H groups in total. The zero-order valence-corrected chi connectivity index (χ0v) is 56.3. The van der Waals surface area contributed by atoms with Gasteiger partial charge in [0.1, 0.15) is 6.61 Å². The lowest BCUT2D eigenvalue weighted by atomic mass is 10.0. The number of phosphoric ester groups is 1. The molecule has 0 fully saturated rings. The number of anilines is 1. The van der Waals surface area contributed by atoms with Gasteiger partial charge in [0.25, 0.3) is 0 Å². The quantitative estimate of drug-likeness (QED) is 0.0242. The third-order valence-corrected chi connectivity index (χ3v) is 16.7. The summed E-state index contributed by atoms with van der Waals surface area (Å²) in [7, 11) is -4.64. The molecule has 3 amide bonds. The predicted octanol–water partition coefficient (Wildman–Crippen LogP) is 14.5. The van der Waals surface area contributed by atoms with Crippen LogP contribution in [-0.2, 0) is 72.6 Å². The highest BCUT2D eigenvalue weighted by Crippen LogP contribution is 2.43. The van der Waals surface area contributed by atoms with Crippen LogP contribution < -0.4 is 15.5 Å². The van der Waals surface area contributed by atoms with Gasteiger partial charge in [-0.25, -0.2) is 4.57 Å². The van der Waals surface area contributed by atoms with Crippen LogP contribution in [0.2, 0.25) is 0 Å². The lowest BCUT2D eigenvalue weighted by molar-refractivity contribution is -0.161. The number of unbranched alkanes of at least 4 members (excludes halogenated alkanes) is 28. The molecule has 1 unspecified atom stereocenters. The summed E-state index contributed by atoms with van der Waals surface area (Å²) in [5, 5.41) is 5.42. The van der Waals surface area contributed by atoms with Crippen molar-refractivity contribution < 1.29 is 70.9 Å². The number of esters is 2. The van der Waals surface area contributed by atoms with Crippen molar-refractivity contribution in [2.24, 2.45) is 0 Å². The van der Waals surface area contributed by atoms with E-state index in [0.717, 1.165) is 60.9 Å². The van der Waals surface area contributed by atoms with Gasteiger partial charge in [-0.15, -0.1) is 0 Å². The zero-order chi connectivity index (χ0) is 64.6. The van der Waals surface area contributed by atoms with Gasteiger partial charge in [0.05, 0.1) is 78.3 Å². The van der Waals surface area contributed by atoms with Crippen LogP contribution in [0.25, 0.3) is 0 Å². The molecule has 0 saturated heterocycles. The van der Waals surface area contributed by atoms with E-state index in [1.807, 2.05) is 48.5 Å². The molecule has 0 aliphatic carbocycles. The molecule has 1 heterocycles. The second kappa shape index (κ2) is 54.8. The average Bonchev–Trinajstić information content (AvgIpc) is 1.02. The summed E-state index contributed by atoms with van der Waals surface area (Å²) < 4.78 is 56.3. The van der Waals surface area contributed by atoms with E-state index in [9.17, 15) is 33.4 Å². The molecule has 510 valence electrons. The normalized spacial score (nSPS) is 12.8. The molecule has 18 nitrogen and oxygen atoms in total. The molecule has 0 saturated carbocycles. The van der Waals surface area contributed by atoms with Crippen LogP contribution in [0.3, 0.4) is 0 Å². The highest BCUT2D eigenvalue weighted by molar-refractivity contribution is 7.47. The maximum absolute atomic E-state index is 13.4. The smallest absolute Gasteiger partial charge is 0.462 e. The number of phosphoric acid groups is 1. The van der Waals surface area contributed by atoms with Gasteiger partial charge in [0, 0.05) is 56.3 Å². The van der Waals surface area contributed by atoms with Gasteiger partial charge in [-0.3, -0.25) is 33.0 Å². The van der Waals surface area contributed by atoms with Crippen LogP contribution in [0.1, 0.15) is 255 Å². The maximum Gasteiger partial charge on any atom is 0.472 e. The number of nitrogens with one attached hydrogen (secondary N) is 2. The van der Waals surface area contributed by atoms with Crippen LogP contribution in [0.4, 0.5) is 5.69 Å². The molecule has 0 bridgehead atoms. The summed E-state index contributed by atoms with van der Waals surface area (Å²) in [6.45, 7) is 6.00. The number of para-hydroxylation sites is 1. The number of carbonyl (C=O) groups is 5. The topological polar surface area (TPSA) is 224 Å². The minimum Gasteiger partial charge on any atom is -0.462 e. The van der Waals surface area contributed by atoms with Crippen molar-refractivity contribution in [2.75, 3.05) is 90.7 Å². The molecule has 0 spiro atoms. The Hall–Kier alpha value is -4.70. The van der Waals surface area contributed by atoms with Gasteiger partial charge >= 0.3 is 19.8 Å². The minimum absolute atomic E-state index is 0.0443. The Labute approximate surface area is 541 Å². The first kappa shape index (κ1) is 79.5. The molecule has 1 aliphatic rings. The van der Waals surface area contributed by atoms with Crippen molar-refractivity contribution in [2.45, 2.75) is 251 Å². The van der Waals surface area contributed by atoms with Crippen molar-refractivity contribution >= 4 is 43.2 Å². The molecule has 90 heavy (non-hydrogen) atoms. The van der Waals surface area contributed by atoms with Crippen LogP contribution in [0.15, 0.2) is 48.5 Å². The number of carbonyl (C=O) groups excluding carboxylic acids is 5. The van der Waals surface area contributed by atoms with Gasteiger partial charge in [-0.2, -0.15) is 0 Å². The SMILES string of the molecule is CCCCCCCCCCCCCCCCCC(=O)OC[C@@H](COP(=O)(O)OCCNC(=O)CCOCCOCCOCCOCCC(=O)NCCC(=O)N1Cc2ccccc2C#Cc2ccccc21)OC(=O)CCCCCCCCCCCCCCCCC. The number of rotatable bonds is 60. The highest BCUT2D eigenvalue weighted by Gasteiger charge is 2.27.